The summed E-state index contributed by atoms with van der Waals surface area (Å²) in [6.07, 6.45) is 0.659. The van der Waals surface area contributed by atoms with Crippen LogP contribution in [0.5, 0.6) is 0 Å². The van der Waals surface area contributed by atoms with Crippen LogP contribution in [-0.2, 0) is 19.1 Å². The van der Waals surface area contributed by atoms with Gasteiger partial charge in [0, 0.05) is 30.1 Å². The fraction of sp³-hybridized carbons (Fsp3) is 0.429. The molecule has 0 radical (unpaired) electrons. The van der Waals surface area contributed by atoms with Gasteiger partial charge in [0.1, 0.15) is 6.10 Å². The first-order chi connectivity index (χ1) is 15.3. The quantitative estimate of drug-likeness (QED) is 0.303. The number of piperidine rings is 1. The summed E-state index contributed by atoms with van der Waals surface area (Å²) in [5.41, 5.74) is 1.44. The van der Waals surface area contributed by atoms with Crippen molar-refractivity contribution in [1.29, 1.82) is 0 Å². The maximum atomic E-state index is 13.3. The summed E-state index contributed by atoms with van der Waals surface area (Å²) < 4.78 is 10.6. The van der Waals surface area contributed by atoms with Crippen LogP contribution in [0.3, 0.4) is 0 Å². The van der Waals surface area contributed by atoms with Crippen LogP contribution in [0.25, 0.3) is 0 Å². The highest BCUT2D eigenvalue weighted by Gasteiger charge is 2.39. The zero-order valence-electron chi connectivity index (χ0n) is 18.0. The molecule has 2 unspecified atom stereocenters. The van der Waals surface area contributed by atoms with E-state index in [9.17, 15) is 24.6 Å². The lowest BCUT2D eigenvalue weighted by molar-refractivity contribution is -0.384. The molecular weight excluding hydrogens is 420 g/mol. The molecule has 1 saturated heterocycles. The Morgan fingerprint density at radius 2 is 1.91 bits per heavy atom. The van der Waals surface area contributed by atoms with Crippen molar-refractivity contribution in [2.75, 3.05) is 20.2 Å². The van der Waals surface area contributed by atoms with Crippen molar-refractivity contribution in [3.63, 3.8) is 0 Å². The molecule has 2 aliphatic rings. The number of rotatable bonds is 6. The average Bonchev–Trinajstić information content (AvgIpc) is 2.78. The molecule has 2 atom stereocenters. The standard InChI is InChI=1S/C21H24N4O7/c1-12-17(20(26)31-3)19(14-6-4-7-15(10-14)25(29)30)18(13(2)22-12)21(27)32-16-8-5-9-24(11-16)23-28/h4,6-7,10,16,19,22H,5,8-9,11H2,1-3H3. The molecule has 0 bridgehead atoms. The molecule has 1 aromatic rings. The number of non-ortho nitro benzene ring substituents is 1. The van der Waals surface area contributed by atoms with E-state index in [1.807, 2.05) is 0 Å². The topological polar surface area (TPSA) is 140 Å². The molecule has 11 nitrogen and oxygen atoms in total. The van der Waals surface area contributed by atoms with Crippen molar-refractivity contribution in [1.82, 2.24) is 10.3 Å². The number of carbonyl (C=O) groups is 2. The summed E-state index contributed by atoms with van der Waals surface area (Å²) in [5.74, 6) is -2.28. The van der Waals surface area contributed by atoms with Crippen molar-refractivity contribution in [2.45, 2.75) is 38.7 Å². The zero-order valence-corrected chi connectivity index (χ0v) is 18.0. The van der Waals surface area contributed by atoms with Crippen molar-refractivity contribution < 1.29 is 24.0 Å². The van der Waals surface area contributed by atoms with E-state index in [1.54, 1.807) is 19.9 Å². The summed E-state index contributed by atoms with van der Waals surface area (Å²) in [4.78, 5) is 47.6. The highest BCUT2D eigenvalue weighted by atomic mass is 16.6. The Morgan fingerprint density at radius 1 is 1.22 bits per heavy atom. The summed E-state index contributed by atoms with van der Waals surface area (Å²) in [7, 11) is 1.22. The first-order valence-electron chi connectivity index (χ1n) is 10.1. The largest absolute Gasteiger partial charge is 0.466 e. The minimum absolute atomic E-state index is 0.146. The number of nitrogens with zero attached hydrogens (tertiary/aromatic N) is 3. The van der Waals surface area contributed by atoms with Gasteiger partial charge < -0.3 is 14.8 Å². The van der Waals surface area contributed by atoms with Gasteiger partial charge in [-0.3, -0.25) is 15.1 Å². The number of esters is 2. The fourth-order valence-corrected chi connectivity index (χ4v) is 4.10. The Labute approximate surface area is 184 Å². The number of nitrogens with one attached hydrogen (secondary N) is 1. The molecule has 3 rings (SSSR count). The fourth-order valence-electron chi connectivity index (χ4n) is 4.10. The van der Waals surface area contributed by atoms with Gasteiger partial charge in [0.05, 0.1) is 40.9 Å². The van der Waals surface area contributed by atoms with Gasteiger partial charge in [-0.15, -0.1) is 4.91 Å². The van der Waals surface area contributed by atoms with E-state index in [4.69, 9.17) is 9.47 Å². The van der Waals surface area contributed by atoms with E-state index < -0.39 is 28.9 Å². The van der Waals surface area contributed by atoms with E-state index in [2.05, 4.69) is 10.6 Å². The predicted molar refractivity (Wildman–Crippen MR) is 113 cm³/mol. The minimum Gasteiger partial charge on any atom is -0.466 e. The lowest BCUT2D eigenvalue weighted by atomic mass is 9.80. The van der Waals surface area contributed by atoms with E-state index >= 15 is 0 Å². The van der Waals surface area contributed by atoms with Crippen molar-refractivity contribution in [2.24, 2.45) is 5.29 Å². The molecule has 1 N–H and O–H groups in total. The molecule has 170 valence electrons. The van der Waals surface area contributed by atoms with Crippen LogP contribution in [0.2, 0.25) is 0 Å². The summed E-state index contributed by atoms with van der Waals surface area (Å²) in [6.45, 7) is 4.00. The molecule has 1 aromatic carbocycles. The SMILES string of the molecule is COC(=O)C1=C(C)NC(C)=C(C(=O)OC2CCCN(N=O)C2)C1c1cccc([N+](=O)[O-])c1. The van der Waals surface area contributed by atoms with Gasteiger partial charge in [0.25, 0.3) is 5.69 Å². The van der Waals surface area contributed by atoms with E-state index in [1.165, 1.54) is 30.3 Å². The number of benzene rings is 1. The van der Waals surface area contributed by atoms with Gasteiger partial charge in [-0.1, -0.05) is 12.1 Å². The molecule has 1 fully saturated rings. The second kappa shape index (κ2) is 9.58. The number of hydrogen-bond donors (Lipinski definition) is 1. The van der Waals surface area contributed by atoms with Gasteiger partial charge >= 0.3 is 11.9 Å². The number of dihydropyridines is 1. The molecule has 0 saturated carbocycles. The number of hydrogen-bond acceptors (Lipinski definition) is 9. The van der Waals surface area contributed by atoms with Gasteiger partial charge in [-0.05, 0) is 32.3 Å². The van der Waals surface area contributed by atoms with Crippen LogP contribution in [0.15, 0.2) is 52.1 Å². The van der Waals surface area contributed by atoms with Gasteiger partial charge in [-0.25, -0.2) is 9.59 Å². The molecule has 2 aliphatic heterocycles. The number of allylic oxidation sites excluding steroid dienone is 2. The summed E-state index contributed by atoms with van der Waals surface area (Å²) in [6, 6.07) is 5.76. The third kappa shape index (κ3) is 4.61. The highest BCUT2D eigenvalue weighted by molar-refractivity contribution is 6.00. The normalized spacial score (nSPS) is 21.0. The van der Waals surface area contributed by atoms with Crippen LogP contribution in [0, 0.1) is 15.0 Å². The van der Waals surface area contributed by atoms with Crippen molar-refractivity contribution in [3.05, 3.63) is 67.4 Å². The summed E-state index contributed by atoms with van der Waals surface area (Å²) >= 11 is 0. The number of methoxy groups -OCH3 is 1. The molecule has 0 aliphatic carbocycles. The molecule has 32 heavy (non-hydrogen) atoms. The maximum absolute atomic E-state index is 13.3. The number of carbonyl (C=O) groups excluding carboxylic acids is 2. The van der Waals surface area contributed by atoms with E-state index in [-0.39, 0.29) is 23.4 Å². The van der Waals surface area contributed by atoms with Crippen LogP contribution in [0.4, 0.5) is 5.69 Å². The first kappa shape index (κ1) is 22.9. The number of nitroso groups, excluding NO2 is 1. The monoisotopic (exact) mass is 444 g/mol. The van der Waals surface area contributed by atoms with Crippen LogP contribution in [-0.4, -0.2) is 48.2 Å². The van der Waals surface area contributed by atoms with Crippen molar-refractivity contribution >= 4 is 17.6 Å². The Kier molecular flexibility index (Phi) is 6.86. The number of ether oxygens (including phenoxy) is 2. The van der Waals surface area contributed by atoms with Crippen LogP contribution >= 0.6 is 0 Å². The van der Waals surface area contributed by atoms with Gasteiger partial charge in [0.2, 0.25) is 0 Å². The molecule has 0 amide bonds. The molecular formula is C21H24N4O7. The first-order valence-corrected chi connectivity index (χ1v) is 10.1. The maximum Gasteiger partial charge on any atom is 0.337 e. The van der Waals surface area contributed by atoms with Crippen LogP contribution in [0.1, 0.15) is 38.2 Å². The number of nitro groups is 1. The molecule has 0 spiro atoms. The number of nitro benzene ring substituents is 1. The zero-order chi connectivity index (χ0) is 23.4. The summed E-state index contributed by atoms with van der Waals surface area (Å²) in [5, 5.41) is 18.5. The lowest BCUT2D eigenvalue weighted by Gasteiger charge is -2.32. The third-order valence-electron chi connectivity index (χ3n) is 5.55. The smallest absolute Gasteiger partial charge is 0.337 e. The van der Waals surface area contributed by atoms with Gasteiger partial charge in [-0.2, -0.15) is 0 Å². The lowest BCUT2D eigenvalue weighted by Crippen LogP contribution is -2.39. The van der Waals surface area contributed by atoms with Crippen LogP contribution < -0.4 is 5.32 Å². The second-order valence-electron chi connectivity index (χ2n) is 7.64. The van der Waals surface area contributed by atoms with E-state index in [0.717, 1.165) is 0 Å². The Morgan fingerprint density at radius 3 is 2.53 bits per heavy atom. The Hall–Kier alpha value is -3.76. The minimum atomic E-state index is -0.931. The van der Waals surface area contributed by atoms with Gasteiger partial charge in [0.15, 0.2) is 0 Å². The third-order valence-corrected chi connectivity index (χ3v) is 5.55. The second-order valence-corrected chi connectivity index (χ2v) is 7.64. The average molecular weight is 444 g/mol. The predicted octanol–water partition coefficient (Wildman–Crippen LogP) is 2.69. The highest BCUT2D eigenvalue weighted by Crippen LogP contribution is 2.40. The Bertz CT molecular complexity index is 1020. The van der Waals surface area contributed by atoms with Crippen molar-refractivity contribution in [3.8, 4) is 0 Å². The molecule has 11 heteroatoms. The van der Waals surface area contributed by atoms with E-state index in [0.29, 0.717) is 36.3 Å². The Balaban J connectivity index is 2.03. The molecule has 2 heterocycles. The molecule has 0 aromatic heterocycles.